The molecule has 7 nitrogen and oxygen atoms in total. The highest BCUT2D eigenvalue weighted by molar-refractivity contribution is 5.79. The highest BCUT2D eigenvalue weighted by atomic mass is 16.5. The van der Waals surface area contributed by atoms with E-state index in [2.05, 4.69) is 20.5 Å². The first-order valence-electron chi connectivity index (χ1n) is 7.64. The SMILES string of the molecule is COc1ccncc1CNC(=O)[C@@H]1CCCO[C@H]1c1cn[nH]c1. The summed E-state index contributed by atoms with van der Waals surface area (Å²) < 4.78 is 11.1. The molecule has 2 aromatic rings. The van der Waals surface area contributed by atoms with Gasteiger partial charge in [-0.15, -0.1) is 0 Å². The number of nitrogens with one attached hydrogen (secondary N) is 2. The standard InChI is InChI=1S/C16H20N4O3/c1-22-14-4-5-17-7-11(14)8-18-16(21)13-3-2-6-23-15(13)12-9-19-20-10-12/h4-5,7,9-10,13,15H,2-3,6,8H2,1H3,(H,18,21)(H,19,20)/t13-,15+/m1/s1. The maximum Gasteiger partial charge on any atom is 0.226 e. The Hall–Kier alpha value is -2.41. The number of methoxy groups -OCH3 is 1. The number of H-pyrrole nitrogens is 1. The normalized spacial score (nSPS) is 20.9. The van der Waals surface area contributed by atoms with Crippen LogP contribution >= 0.6 is 0 Å². The van der Waals surface area contributed by atoms with Gasteiger partial charge in [0, 0.05) is 42.9 Å². The Morgan fingerprint density at radius 1 is 1.52 bits per heavy atom. The summed E-state index contributed by atoms with van der Waals surface area (Å²) in [6, 6.07) is 1.78. The molecule has 3 rings (SSSR count). The summed E-state index contributed by atoms with van der Waals surface area (Å²) in [6.07, 6.45) is 8.27. The van der Waals surface area contributed by atoms with E-state index in [0.29, 0.717) is 18.9 Å². The molecule has 3 heterocycles. The summed E-state index contributed by atoms with van der Waals surface area (Å²) in [5, 5.41) is 9.68. The molecule has 7 heteroatoms. The first kappa shape index (κ1) is 15.5. The number of aromatic amines is 1. The number of carbonyl (C=O) groups excluding carboxylic acids is 1. The summed E-state index contributed by atoms with van der Waals surface area (Å²) in [4.78, 5) is 16.7. The summed E-state index contributed by atoms with van der Waals surface area (Å²) in [7, 11) is 1.60. The fourth-order valence-corrected chi connectivity index (χ4v) is 2.85. The van der Waals surface area contributed by atoms with E-state index in [4.69, 9.17) is 9.47 Å². The van der Waals surface area contributed by atoms with Crippen LogP contribution in [0.4, 0.5) is 0 Å². The third-order valence-electron chi connectivity index (χ3n) is 4.04. The van der Waals surface area contributed by atoms with Gasteiger partial charge in [0.05, 0.1) is 25.3 Å². The molecule has 1 amide bonds. The monoisotopic (exact) mass is 316 g/mol. The number of ether oxygens (including phenoxy) is 2. The van der Waals surface area contributed by atoms with E-state index in [1.807, 2.05) is 0 Å². The average Bonchev–Trinajstić information content (AvgIpc) is 3.14. The third-order valence-corrected chi connectivity index (χ3v) is 4.04. The number of nitrogens with zero attached hydrogens (tertiary/aromatic N) is 2. The molecule has 0 saturated carbocycles. The van der Waals surface area contributed by atoms with Gasteiger partial charge in [0.25, 0.3) is 0 Å². The minimum absolute atomic E-state index is 0.0261. The van der Waals surface area contributed by atoms with Crippen LogP contribution in [0.15, 0.2) is 30.9 Å². The number of aromatic nitrogens is 3. The van der Waals surface area contributed by atoms with Gasteiger partial charge in [-0.05, 0) is 18.9 Å². The molecule has 2 aromatic heterocycles. The summed E-state index contributed by atoms with van der Waals surface area (Å²) in [5.41, 5.74) is 1.75. The lowest BCUT2D eigenvalue weighted by Gasteiger charge is -2.30. The Bertz CT molecular complexity index is 645. The van der Waals surface area contributed by atoms with E-state index in [0.717, 1.165) is 24.0 Å². The van der Waals surface area contributed by atoms with Gasteiger partial charge in [-0.1, -0.05) is 0 Å². The summed E-state index contributed by atoms with van der Waals surface area (Å²) >= 11 is 0. The van der Waals surface area contributed by atoms with E-state index < -0.39 is 0 Å². The highest BCUT2D eigenvalue weighted by Crippen LogP contribution is 2.33. The zero-order valence-electron chi connectivity index (χ0n) is 13.0. The number of pyridine rings is 1. The zero-order valence-corrected chi connectivity index (χ0v) is 13.0. The molecule has 1 saturated heterocycles. The van der Waals surface area contributed by atoms with Crippen LogP contribution in [0.3, 0.4) is 0 Å². The Balaban J connectivity index is 1.66. The molecular formula is C16H20N4O3. The molecular weight excluding hydrogens is 296 g/mol. The minimum Gasteiger partial charge on any atom is -0.496 e. The second kappa shape index (κ2) is 7.23. The van der Waals surface area contributed by atoms with Crippen LogP contribution in [0.5, 0.6) is 5.75 Å². The van der Waals surface area contributed by atoms with Gasteiger partial charge in [0.2, 0.25) is 5.91 Å². The number of amides is 1. The van der Waals surface area contributed by atoms with Gasteiger partial charge >= 0.3 is 0 Å². The molecule has 1 aliphatic heterocycles. The van der Waals surface area contributed by atoms with Gasteiger partial charge < -0.3 is 14.8 Å². The second-order valence-electron chi connectivity index (χ2n) is 5.48. The molecule has 2 atom stereocenters. The Morgan fingerprint density at radius 3 is 3.22 bits per heavy atom. The van der Waals surface area contributed by atoms with Crippen LogP contribution < -0.4 is 10.1 Å². The van der Waals surface area contributed by atoms with E-state index in [1.165, 1.54) is 0 Å². The molecule has 122 valence electrons. The van der Waals surface area contributed by atoms with Gasteiger partial charge in [-0.3, -0.25) is 14.9 Å². The van der Waals surface area contributed by atoms with Crippen LogP contribution in [0.25, 0.3) is 0 Å². The van der Waals surface area contributed by atoms with Crippen LogP contribution in [0.1, 0.15) is 30.1 Å². The summed E-state index contributed by atoms with van der Waals surface area (Å²) in [5.74, 6) is 0.470. The fraction of sp³-hybridized carbons (Fsp3) is 0.438. The van der Waals surface area contributed by atoms with E-state index in [9.17, 15) is 4.79 Å². The lowest BCUT2D eigenvalue weighted by atomic mass is 9.90. The highest BCUT2D eigenvalue weighted by Gasteiger charge is 2.33. The van der Waals surface area contributed by atoms with Crippen molar-refractivity contribution in [2.75, 3.05) is 13.7 Å². The summed E-state index contributed by atoms with van der Waals surface area (Å²) in [6.45, 7) is 1.04. The van der Waals surface area contributed by atoms with Crippen molar-refractivity contribution < 1.29 is 14.3 Å². The van der Waals surface area contributed by atoms with Crippen molar-refractivity contribution in [1.82, 2.24) is 20.5 Å². The van der Waals surface area contributed by atoms with Crippen LogP contribution in [-0.4, -0.2) is 34.8 Å². The van der Waals surface area contributed by atoms with E-state index >= 15 is 0 Å². The maximum absolute atomic E-state index is 12.6. The van der Waals surface area contributed by atoms with Crippen molar-refractivity contribution in [3.8, 4) is 5.75 Å². The zero-order chi connectivity index (χ0) is 16.1. The first-order chi connectivity index (χ1) is 11.3. The first-order valence-corrected chi connectivity index (χ1v) is 7.64. The predicted molar refractivity (Wildman–Crippen MR) is 82.6 cm³/mol. The lowest BCUT2D eigenvalue weighted by molar-refractivity contribution is -0.134. The molecule has 0 aromatic carbocycles. The molecule has 0 spiro atoms. The van der Waals surface area contributed by atoms with Gasteiger partial charge in [-0.2, -0.15) is 5.10 Å². The van der Waals surface area contributed by atoms with Crippen molar-refractivity contribution >= 4 is 5.91 Å². The number of rotatable bonds is 5. The van der Waals surface area contributed by atoms with Gasteiger partial charge in [0.1, 0.15) is 5.75 Å². The van der Waals surface area contributed by atoms with Gasteiger partial charge in [-0.25, -0.2) is 0 Å². The number of carbonyl (C=O) groups is 1. The van der Waals surface area contributed by atoms with Crippen molar-refractivity contribution in [2.24, 2.45) is 5.92 Å². The molecule has 0 radical (unpaired) electrons. The van der Waals surface area contributed by atoms with Gasteiger partial charge in [0.15, 0.2) is 0 Å². The molecule has 0 bridgehead atoms. The quantitative estimate of drug-likeness (QED) is 0.874. The molecule has 23 heavy (non-hydrogen) atoms. The Kier molecular flexibility index (Phi) is 4.87. The van der Waals surface area contributed by atoms with Crippen molar-refractivity contribution in [1.29, 1.82) is 0 Å². The molecule has 0 unspecified atom stereocenters. The maximum atomic E-state index is 12.6. The van der Waals surface area contributed by atoms with Crippen LogP contribution in [0, 0.1) is 5.92 Å². The molecule has 2 N–H and O–H groups in total. The Labute approximate surface area is 134 Å². The van der Waals surface area contributed by atoms with Crippen LogP contribution in [0.2, 0.25) is 0 Å². The van der Waals surface area contributed by atoms with E-state index in [1.54, 1.807) is 38.0 Å². The van der Waals surface area contributed by atoms with Crippen LogP contribution in [-0.2, 0) is 16.1 Å². The third kappa shape index (κ3) is 3.50. The lowest BCUT2D eigenvalue weighted by Crippen LogP contribution is -2.37. The Morgan fingerprint density at radius 2 is 2.43 bits per heavy atom. The smallest absolute Gasteiger partial charge is 0.226 e. The fourth-order valence-electron chi connectivity index (χ4n) is 2.85. The van der Waals surface area contributed by atoms with Crippen molar-refractivity contribution in [3.63, 3.8) is 0 Å². The molecule has 0 aliphatic carbocycles. The molecule has 1 fully saturated rings. The van der Waals surface area contributed by atoms with Crippen molar-refractivity contribution in [3.05, 3.63) is 42.0 Å². The van der Waals surface area contributed by atoms with E-state index in [-0.39, 0.29) is 17.9 Å². The predicted octanol–water partition coefficient (Wildman–Crippen LogP) is 1.60. The largest absolute Gasteiger partial charge is 0.496 e. The second-order valence-corrected chi connectivity index (χ2v) is 5.48. The minimum atomic E-state index is -0.252. The number of hydrogen-bond acceptors (Lipinski definition) is 5. The van der Waals surface area contributed by atoms with Crippen molar-refractivity contribution in [2.45, 2.75) is 25.5 Å². The molecule has 1 aliphatic rings. The number of hydrogen-bond donors (Lipinski definition) is 2. The topological polar surface area (TPSA) is 89.1 Å². The average molecular weight is 316 g/mol.